The first-order valence-corrected chi connectivity index (χ1v) is 2.25. The van der Waals surface area contributed by atoms with E-state index in [1.807, 2.05) is 0 Å². The van der Waals surface area contributed by atoms with E-state index < -0.39 is 0 Å². The smallest absolute Gasteiger partial charge is 0.0568 e. The van der Waals surface area contributed by atoms with E-state index in [-0.39, 0.29) is 0 Å². The lowest BCUT2D eigenvalue weighted by molar-refractivity contribution is 1.03. The molecule has 0 bridgehead atoms. The van der Waals surface area contributed by atoms with Gasteiger partial charge in [0.15, 0.2) is 0 Å². The Labute approximate surface area is 47.9 Å². The van der Waals surface area contributed by atoms with E-state index in [9.17, 15) is 0 Å². The lowest BCUT2D eigenvalue weighted by atomic mass is 10.3. The average Bonchev–Trinajstić information content (AvgIpc) is 1.90. The van der Waals surface area contributed by atoms with Gasteiger partial charge in [0.2, 0.25) is 0 Å². The minimum atomic E-state index is 0.889. The van der Waals surface area contributed by atoms with Crippen LogP contribution in [0.15, 0.2) is 18.5 Å². The zero-order valence-electron chi connectivity index (χ0n) is 4.28. The van der Waals surface area contributed by atoms with Gasteiger partial charge in [-0.1, -0.05) is 12.7 Å². The molecule has 1 aromatic rings. The van der Waals surface area contributed by atoms with Crippen molar-refractivity contribution in [1.82, 2.24) is 10.2 Å². The van der Waals surface area contributed by atoms with Gasteiger partial charge in [-0.05, 0) is 11.6 Å². The molecule has 1 radical (unpaired) electrons. The number of hydrogen-bond acceptors (Lipinski definition) is 2. The highest BCUT2D eigenvalue weighted by atomic mass is 15.1. The summed E-state index contributed by atoms with van der Waals surface area (Å²) in [5.41, 5.74) is 0.889. The van der Waals surface area contributed by atoms with E-state index >= 15 is 0 Å². The SMILES string of the molecule is [CH]=Cc1ccnnc1. The van der Waals surface area contributed by atoms with E-state index in [0.29, 0.717) is 0 Å². The van der Waals surface area contributed by atoms with Gasteiger partial charge in [-0.25, -0.2) is 0 Å². The van der Waals surface area contributed by atoms with Gasteiger partial charge >= 0.3 is 0 Å². The van der Waals surface area contributed by atoms with Crippen LogP contribution in [0.2, 0.25) is 0 Å². The van der Waals surface area contributed by atoms with Crippen molar-refractivity contribution >= 4 is 6.08 Å². The Bertz CT molecular complexity index is 169. The second-order valence-corrected chi connectivity index (χ2v) is 1.34. The summed E-state index contributed by atoms with van der Waals surface area (Å²) in [5.74, 6) is 0. The maximum absolute atomic E-state index is 5.16. The highest BCUT2D eigenvalue weighted by Gasteiger charge is 1.78. The lowest BCUT2D eigenvalue weighted by Gasteiger charge is -1.83. The molecule has 1 heterocycles. The largest absolute Gasteiger partial charge is 0.159 e. The highest BCUT2D eigenvalue weighted by Crippen LogP contribution is 1.92. The van der Waals surface area contributed by atoms with Crippen LogP contribution in [0.5, 0.6) is 0 Å². The normalized spacial score (nSPS) is 8.50. The van der Waals surface area contributed by atoms with Gasteiger partial charge < -0.3 is 0 Å². The number of aromatic nitrogens is 2. The first kappa shape index (κ1) is 4.97. The number of rotatable bonds is 1. The fourth-order valence-electron chi connectivity index (χ4n) is 0.400. The predicted octanol–water partition coefficient (Wildman–Crippen LogP) is 0.923. The molecule has 0 unspecified atom stereocenters. The second kappa shape index (κ2) is 2.21. The summed E-state index contributed by atoms with van der Waals surface area (Å²) in [6.07, 6.45) is 4.67. The van der Waals surface area contributed by atoms with E-state index in [1.54, 1.807) is 18.5 Å². The maximum atomic E-state index is 5.16. The van der Waals surface area contributed by atoms with Gasteiger partial charge in [0.1, 0.15) is 0 Å². The van der Waals surface area contributed by atoms with E-state index in [0.717, 1.165) is 5.56 Å². The molecule has 8 heavy (non-hydrogen) atoms. The zero-order valence-corrected chi connectivity index (χ0v) is 4.28. The minimum absolute atomic E-state index is 0.889. The van der Waals surface area contributed by atoms with Crippen molar-refractivity contribution in [1.29, 1.82) is 0 Å². The summed E-state index contributed by atoms with van der Waals surface area (Å²) in [4.78, 5) is 0. The molecule has 1 aromatic heterocycles. The summed E-state index contributed by atoms with van der Waals surface area (Å²) in [6, 6.07) is 1.78. The molecule has 0 amide bonds. The molecule has 0 saturated heterocycles. The second-order valence-electron chi connectivity index (χ2n) is 1.34. The predicted molar refractivity (Wildman–Crippen MR) is 30.8 cm³/mol. The molecule has 0 aliphatic carbocycles. The van der Waals surface area contributed by atoms with Crippen LogP contribution in [0, 0.1) is 6.58 Å². The minimum Gasteiger partial charge on any atom is -0.159 e. The van der Waals surface area contributed by atoms with Gasteiger partial charge in [-0.2, -0.15) is 10.2 Å². The first-order valence-electron chi connectivity index (χ1n) is 2.25. The summed E-state index contributed by atoms with van der Waals surface area (Å²) in [7, 11) is 0. The standard InChI is InChI=1S/C6H5N2/c1-2-6-3-4-7-8-5-6/h1-5H. The number of nitrogens with zero attached hydrogens (tertiary/aromatic N) is 2. The van der Waals surface area contributed by atoms with Gasteiger partial charge in [0.25, 0.3) is 0 Å². The van der Waals surface area contributed by atoms with Crippen LogP contribution in [0.1, 0.15) is 5.56 Å². The van der Waals surface area contributed by atoms with Crippen LogP contribution in [0.4, 0.5) is 0 Å². The lowest BCUT2D eigenvalue weighted by Crippen LogP contribution is -1.77. The van der Waals surface area contributed by atoms with Crippen LogP contribution >= 0.6 is 0 Å². The Balaban J connectivity index is 2.99. The molecule has 2 nitrogen and oxygen atoms in total. The molecule has 0 aromatic carbocycles. The van der Waals surface area contributed by atoms with Gasteiger partial charge in [0, 0.05) is 0 Å². The molecule has 1 rings (SSSR count). The first-order chi connectivity index (χ1) is 3.93. The van der Waals surface area contributed by atoms with Crippen molar-refractivity contribution in [3.63, 3.8) is 0 Å². The molecule has 2 heteroatoms. The van der Waals surface area contributed by atoms with Crippen molar-refractivity contribution in [2.24, 2.45) is 0 Å². The molecule has 39 valence electrons. The fraction of sp³-hybridized carbons (Fsp3) is 0. The van der Waals surface area contributed by atoms with Crippen molar-refractivity contribution < 1.29 is 0 Å². The third-order valence-corrected chi connectivity index (χ3v) is 0.800. The Morgan fingerprint density at radius 1 is 1.50 bits per heavy atom. The molecule has 0 fully saturated rings. The summed E-state index contributed by atoms with van der Waals surface area (Å²) in [6.45, 7) is 5.16. The average molecular weight is 105 g/mol. The van der Waals surface area contributed by atoms with Crippen molar-refractivity contribution in [2.75, 3.05) is 0 Å². The third kappa shape index (κ3) is 0.904. The Hall–Kier alpha value is -1.18. The number of hydrogen-bond donors (Lipinski definition) is 0. The van der Waals surface area contributed by atoms with Crippen LogP contribution < -0.4 is 0 Å². The Morgan fingerprint density at radius 3 is 2.75 bits per heavy atom. The molecule has 0 N–H and O–H groups in total. The molecule has 0 aliphatic heterocycles. The maximum Gasteiger partial charge on any atom is 0.0568 e. The zero-order chi connectivity index (χ0) is 5.82. The van der Waals surface area contributed by atoms with Crippen LogP contribution in [-0.2, 0) is 0 Å². The fourth-order valence-corrected chi connectivity index (χ4v) is 0.400. The van der Waals surface area contributed by atoms with Crippen LogP contribution in [0.3, 0.4) is 0 Å². The monoisotopic (exact) mass is 105 g/mol. The van der Waals surface area contributed by atoms with E-state index in [4.69, 9.17) is 6.58 Å². The van der Waals surface area contributed by atoms with E-state index in [2.05, 4.69) is 10.2 Å². The van der Waals surface area contributed by atoms with Crippen molar-refractivity contribution in [3.05, 3.63) is 30.6 Å². The molecule has 0 atom stereocenters. The van der Waals surface area contributed by atoms with Crippen LogP contribution in [-0.4, -0.2) is 10.2 Å². The quantitative estimate of drug-likeness (QED) is 0.530. The van der Waals surface area contributed by atoms with Crippen molar-refractivity contribution in [2.45, 2.75) is 0 Å². The Morgan fingerprint density at radius 2 is 2.38 bits per heavy atom. The Kier molecular flexibility index (Phi) is 1.37. The van der Waals surface area contributed by atoms with Crippen molar-refractivity contribution in [3.8, 4) is 0 Å². The molecule has 0 aliphatic rings. The van der Waals surface area contributed by atoms with Gasteiger partial charge in [0.05, 0.1) is 12.4 Å². The molecular formula is C6H5N2. The molecule has 0 saturated carbocycles. The summed E-state index contributed by atoms with van der Waals surface area (Å²) < 4.78 is 0. The van der Waals surface area contributed by atoms with E-state index in [1.165, 1.54) is 6.08 Å². The van der Waals surface area contributed by atoms with Crippen LogP contribution in [0.25, 0.3) is 6.08 Å². The topological polar surface area (TPSA) is 25.8 Å². The third-order valence-electron chi connectivity index (χ3n) is 0.800. The summed E-state index contributed by atoms with van der Waals surface area (Å²) in [5, 5.41) is 7.16. The van der Waals surface area contributed by atoms with Gasteiger partial charge in [-0.15, -0.1) is 0 Å². The molecular weight excluding hydrogens is 100 g/mol. The summed E-state index contributed by atoms with van der Waals surface area (Å²) >= 11 is 0. The molecule has 0 spiro atoms. The highest BCUT2D eigenvalue weighted by molar-refractivity contribution is 5.42. The van der Waals surface area contributed by atoms with Gasteiger partial charge in [-0.3, -0.25) is 0 Å².